The van der Waals surface area contributed by atoms with Crippen LogP contribution in [0.2, 0.25) is 0 Å². The van der Waals surface area contributed by atoms with E-state index in [0.29, 0.717) is 23.5 Å². The highest BCUT2D eigenvalue weighted by atomic mass is 16.5. The van der Waals surface area contributed by atoms with E-state index in [1.807, 2.05) is 39.0 Å². The molecular weight excluding hydrogens is 314 g/mol. The Kier molecular flexibility index (Phi) is 5.38. The van der Waals surface area contributed by atoms with Crippen molar-refractivity contribution in [2.24, 2.45) is 5.92 Å². The lowest BCUT2D eigenvalue weighted by molar-refractivity contribution is -0.112. The number of carbonyl (C=O) groups is 2. The first kappa shape index (κ1) is 17.9. The van der Waals surface area contributed by atoms with Gasteiger partial charge in [-0.1, -0.05) is 26.0 Å². The number of carbonyl (C=O) groups excluding carboxylic acids is 2. The van der Waals surface area contributed by atoms with Gasteiger partial charge in [0.1, 0.15) is 5.75 Å². The van der Waals surface area contributed by atoms with E-state index < -0.39 is 11.6 Å². The van der Waals surface area contributed by atoms with Gasteiger partial charge in [-0.25, -0.2) is 0 Å². The van der Waals surface area contributed by atoms with Crippen LogP contribution in [0.1, 0.15) is 54.6 Å². The van der Waals surface area contributed by atoms with E-state index >= 15 is 0 Å². The summed E-state index contributed by atoms with van der Waals surface area (Å²) in [4.78, 5) is 27.5. The molecular formula is C21H27NO3. The number of fused-ring (bicyclic) bond motifs is 1. The van der Waals surface area contributed by atoms with Crippen LogP contribution >= 0.6 is 0 Å². The summed E-state index contributed by atoms with van der Waals surface area (Å²) >= 11 is 0. The molecule has 0 unspecified atom stereocenters. The molecule has 3 rings (SSSR count). The molecule has 1 saturated heterocycles. The molecule has 0 bridgehead atoms. The van der Waals surface area contributed by atoms with Gasteiger partial charge in [0, 0.05) is 12.1 Å². The standard InChI is InChI=1S/C21H27NO3/c1-14(2)17-13-16-8-7-15(3)21(18(16)20(24)19(17)23)25-12-6-11-22-9-4-5-10-22/h7-8,13-14H,4-6,9-12H2,1-3H3. The van der Waals surface area contributed by atoms with Crippen LogP contribution in [0.15, 0.2) is 17.7 Å². The number of aryl methyl sites for hydroxylation is 1. The maximum atomic E-state index is 12.7. The topological polar surface area (TPSA) is 46.6 Å². The fraction of sp³-hybridized carbons (Fsp3) is 0.524. The zero-order chi connectivity index (χ0) is 18.0. The number of benzene rings is 1. The van der Waals surface area contributed by atoms with E-state index in [1.165, 1.54) is 25.9 Å². The minimum absolute atomic E-state index is 0.0377. The second-order valence-electron chi connectivity index (χ2n) is 7.34. The number of ether oxygens (including phenoxy) is 1. The van der Waals surface area contributed by atoms with Crippen LogP contribution in [0.3, 0.4) is 0 Å². The lowest BCUT2D eigenvalue weighted by Gasteiger charge is -2.21. The highest BCUT2D eigenvalue weighted by molar-refractivity contribution is 6.52. The average Bonchev–Trinajstić information content (AvgIpc) is 3.09. The number of nitrogens with zero attached hydrogens (tertiary/aromatic N) is 1. The molecule has 0 radical (unpaired) electrons. The van der Waals surface area contributed by atoms with Crippen LogP contribution in [-0.4, -0.2) is 42.7 Å². The van der Waals surface area contributed by atoms with Crippen molar-refractivity contribution in [2.45, 2.75) is 40.0 Å². The number of hydrogen-bond donors (Lipinski definition) is 0. The third-order valence-corrected chi connectivity index (χ3v) is 5.08. The van der Waals surface area contributed by atoms with E-state index in [-0.39, 0.29) is 5.92 Å². The highest BCUT2D eigenvalue weighted by Gasteiger charge is 2.32. The number of ketones is 2. The summed E-state index contributed by atoms with van der Waals surface area (Å²) in [6.07, 6.45) is 5.35. The maximum absolute atomic E-state index is 12.7. The lowest BCUT2D eigenvalue weighted by Crippen LogP contribution is -2.25. The van der Waals surface area contributed by atoms with Crippen molar-refractivity contribution < 1.29 is 14.3 Å². The van der Waals surface area contributed by atoms with Crippen LogP contribution in [0, 0.1) is 12.8 Å². The predicted molar refractivity (Wildman–Crippen MR) is 99.1 cm³/mol. The van der Waals surface area contributed by atoms with Crippen LogP contribution in [0.5, 0.6) is 5.75 Å². The van der Waals surface area contributed by atoms with Gasteiger partial charge in [-0.2, -0.15) is 0 Å². The lowest BCUT2D eigenvalue weighted by atomic mass is 9.84. The van der Waals surface area contributed by atoms with Gasteiger partial charge in [0.05, 0.1) is 12.2 Å². The Morgan fingerprint density at radius 2 is 1.84 bits per heavy atom. The molecule has 0 spiro atoms. The largest absolute Gasteiger partial charge is 0.492 e. The van der Waals surface area contributed by atoms with E-state index in [1.54, 1.807) is 0 Å². The number of rotatable bonds is 6. The molecule has 1 aliphatic heterocycles. The van der Waals surface area contributed by atoms with E-state index in [4.69, 9.17) is 4.74 Å². The van der Waals surface area contributed by atoms with Crippen molar-refractivity contribution in [1.82, 2.24) is 4.90 Å². The maximum Gasteiger partial charge on any atom is 0.237 e. The molecule has 0 atom stereocenters. The normalized spacial score (nSPS) is 17.8. The Bertz CT molecular complexity index is 712. The monoisotopic (exact) mass is 341 g/mol. The molecule has 1 aliphatic carbocycles. The molecule has 1 aromatic rings. The fourth-order valence-corrected chi connectivity index (χ4v) is 3.62. The Morgan fingerprint density at radius 1 is 1.12 bits per heavy atom. The summed E-state index contributed by atoms with van der Waals surface area (Å²) in [6, 6.07) is 3.88. The van der Waals surface area contributed by atoms with E-state index in [0.717, 1.165) is 24.1 Å². The molecule has 134 valence electrons. The van der Waals surface area contributed by atoms with E-state index in [9.17, 15) is 9.59 Å². The zero-order valence-electron chi connectivity index (χ0n) is 15.4. The Labute approximate surface area is 149 Å². The van der Waals surface area contributed by atoms with E-state index in [2.05, 4.69) is 4.90 Å². The molecule has 1 heterocycles. The second kappa shape index (κ2) is 7.52. The highest BCUT2D eigenvalue weighted by Crippen LogP contribution is 2.34. The van der Waals surface area contributed by atoms with Crippen molar-refractivity contribution in [3.63, 3.8) is 0 Å². The van der Waals surface area contributed by atoms with Crippen LogP contribution in [-0.2, 0) is 4.79 Å². The SMILES string of the molecule is Cc1ccc2c(c1OCCCN1CCCC1)C(=O)C(=O)C(C(C)C)=C2. The van der Waals surface area contributed by atoms with Gasteiger partial charge in [-0.05, 0) is 62.4 Å². The first-order valence-corrected chi connectivity index (χ1v) is 9.28. The number of allylic oxidation sites excluding steroid dienone is 1. The number of likely N-dealkylation sites (tertiary alicyclic amines) is 1. The molecule has 1 aromatic carbocycles. The van der Waals surface area contributed by atoms with Crippen molar-refractivity contribution in [1.29, 1.82) is 0 Å². The summed E-state index contributed by atoms with van der Waals surface area (Å²) in [5.41, 5.74) is 2.73. The van der Waals surface area contributed by atoms with Gasteiger partial charge in [0.15, 0.2) is 0 Å². The third-order valence-electron chi connectivity index (χ3n) is 5.08. The molecule has 0 saturated carbocycles. The van der Waals surface area contributed by atoms with Crippen molar-refractivity contribution >= 4 is 17.6 Å². The van der Waals surface area contributed by atoms with Crippen molar-refractivity contribution in [3.05, 3.63) is 34.4 Å². The summed E-state index contributed by atoms with van der Waals surface area (Å²) in [6.45, 7) is 9.74. The van der Waals surface area contributed by atoms with Crippen molar-refractivity contribution in [2.75, 3.05) is 26.2 Å². The molecule has 4 nitrogen and oxygen atoms in total. The van der Waals surface area contributed by atoms with Gasteiger partial charge in [0.25, 0.3) is 0 Å². The van der Waals surface area contributed by atoms with Gasteiger partial charge in [-0.3, -0.25) is 9.59 Å². The summed E-state index contributed by atoms with van der Waals surface area (Å²) in [7, 11) is 0. The first-order valence-electron chi connectivity index (χ1n) is 9.28. The Hall–Kier alpha value is -1.94. The van der Waals surface area contributed by atoms with Gasteiger partial charge in [-0.15, -0.1) is 0 Å². The zero-order valence-corrected chi connectivity index (χ0v) is 15.4. The summed E-state index contributed by atoms with van der Waals surface area (Å²) < 4.78 is 5.98. The third kappa shape index (κ3) is 3.69. The molecule has 0 N–H and O–H groups in total. The molecule has 0 amide bonds. The summed E-state index contributed by atoms with van der Waals surface area (Å²) in [5, 5.41) is 0. The minimum atomic E-state index is -0.431. The molecule has 2 aliphatic rings. The van der Waals surface area contributed by atoms with Crippen LogP contribution < -0.4 is 4.74 Å². The number of hydrogen-bond acceptors (Lipinski definition) is 4. The smallest absolute Gasteiger partial charge is 0.237 e. The van der Waals surface area contributed by atoms with Crippen LogP contribution in [0.4, 0.5) is 0 Å². The number of Topliss-reactive ketones (excluding diaryl/α,β-unsaturated/α-hetero) is 2. The quantitative estimate of drug-likeness (QED) is 0.585. The summed E-state index contributed by atoms with van der Waals surface area (Å²) in [5.74, 6) is -0.207. The molecule has 0 aromatic heterocycles. The Morgan fingerprint density at radius 3 is 2.52 bits per heavy atom. The Balaban J connectivity index is 1.77. The van der Waals surface area contributed by atoms with Gasteiger partial charge < -0.3 is 9.64 Å². The molecule has 1 fully saturated rings. The predicted octanol–water partition coefficient (Wildman–Crippen LogP) is 3.66. The molecule has 4 heteroatoms. The van der Waals surface area contributed by atoms with Crippen LogP contribution in [0.25, 0.3) is 6.08 Å². The first-order chi connectivity index (χ1) is 12.0. The second-order valence-corrected chi connectivity index (χ2v) is 7.34. The van der Waals surface area contributed by atoms with Crippen molar-refractivity contribution in [3.8, 4) is 5.75 Å². The minimum Gasteiger partial charge on any atom is -0.492 e. The average molecular weight is 341 g/mol. The van der Waals surface area contributed by atoms with Gasteiger partial charge >= 0.3 is 0 Å². The molecule has 25 heavy (non-hydrogen) atoms. The fourth-order valence-electron chi connectivity index (χ4n) is 3.62. The van der Waals surface area contributed by atoms with Gasteiger partial charge in [0.2, 0.25) is 11.6 Å².